The third kappa shape index (κ3) is 4.01. The van der Waals surface area contributed by atoms with Gasteiger partial charge < -0.3 is 4.74 Å². The molecule has 0 aliphatic rings. The average Bonchev–Trinajstić information content (AvgIpc) is 2.53. The molecule has 0 heterocycles. The molecule has 0 aromatic heterocycles. The lowest BCUT2D eigenvalue weighted by atomic mass is 10.2. The maximum Gasteiger partial charge on any atom is 0.330 e. The molecule has 0 aliphatic heterocycles. The van der Waals surface area contributed by atoms with Crippen LogP contribution in [0.2, 0.25) is 0 Å². The Kier molecular flexibility index (Phi) is 6.28. The van der Waals surface area contributed by atoms with Gasteiger partial charge in [-0.3, -0.25) is 0 Å². The molecule has 1 N–H and O–H groups in total. The number of hydrogen-bond acceptors (Lipinski definition) is 5. The maximum absolute atomic E-state index is 13.7. The Hall–Kier alpha value is -2.63. The normalized spacial score (nSPS) is 10.8. The summed E-state index contributed by atoms with van der Waals surface area (Å²) in [6, 6.07) is 0. The predicted octanol–water partition coefficient (Wildman–Crippen LogP) is 2.19. The SMILES string of the molecule is C=CC(=O)OCCNS(=O)(=O)c1c(F)c(F)c(N=[N+]=[N-])c(F)c1F. The molecule has 13 heteroatoms. The third-order valence-electron chi connectivity index (χ3n) is 2.42. The lowest BCUT2D eigenvalue weighted by Gasteiger charge is -2.11. The number of nitrogens with one attached hydrogen (secondary N) is 1. The van der Waals surface area contributed by atoms with Crippen LogP contribution in [0.25, 0.3) is 10.4 Å². The smallest absolute Gasteiger partial charge is 0.330 e. The summed E-state index contributed by atoms with van der Waals surface area (Å²) in [5, 5.41) is 2.42. The molecule has 0 fully saturated rings. The largest absolute Gasteiger partial charge is 0.461 e. The van der Waals surface area contributed by atoms with Crippen LogP contribution in [0.1, 0.15) is 0 Å². The van der Waals surface area contributed by atoms with E-state index in [-0.39, 0.29) is 0 Å². The highest BCUT2D eigenvalue weighted by atomic mass is 32.2. The van der Waals surface area contributed by atoms with E-state index >= 15 is 0 Å². The van der Waals surface area contributed by atoms with Gasteiger partial charge in [-0.05, 0) is 5.53 Å². The van der Waals surface area contributed by atoms with Crippen molar-refractivity contribution in [2.75, 3.05) is 13.2 Å². The molecule has 0 radical (unpaired) electrons. The molecule has 0 atom stereocenters. The van der Waals surface area contributed by atoms with Gasteiger partial charge in [0.05, 0.1) is 0 Å². The number of carbonyl (C=O) groups is 1. The second kappa shape index (κ2) is 7.77. The van der Waals surface area contributed by atoms with Crippen LogP contribution in [0.4, 0.5) is 23.2 Å². The Bertz CT molecular complexity index is 808. The zero-order valence-electron chi connectivity index (χ0n) is 11.6. The van der Waals surface area contributed by atoms with Gasteiger partial charge in [-0.2, -0.15) is 0 Å². The van der Waals surface area contributed by atoms with Gasteiger partial charge in [0.25, 0.3) is 0 Å². The van der Waals surface area contributed by atoms with Crippen LogP contribution in [0.3, 0.4) is 0 Å². The molecule has 0 spiro atoms. The van der Waals surface area contributed by atoms with Crippen molar-refractivity contribution in [3.05, 3.63) is 46.4 Å². The molecule has 1 aromatic rings. The van der Waals surface area contributed by atoms with Gasteiger partial charge >= 0.3 is 5.97 Å². The highest BCUT2D eigenvalue weighted by Crippen LogP contribution is 2.32. The highest BCUT2D eigenvalue weighted by molar-refractivity contribution is 7.89. The molecule has 1 rings (SSSR count). The van der Waals surface area contributed by atoms with E-state index in [0.717, 1.165) is 6.08 Å². The van der Waals surface area contributed by atoms with Gasteiger partial charge in [0, 0.05) is 17.5 Å². The molecule has 8 nitrogen and oxygen atoms in total. The number of esters is 1. The van der Waals surface area contributed by atoms with Crippen LogP contribution in [0.5, 0.6) is 0 Å². The molecular formula is C11H8F4N4O4S. The quantitative estimate of drug-likeness (QED) is 0.116. The fraction of sp³-hybridized carbons (Fsp3) is 0.182. The first-order valence-corrected chi connectivity index (χ1v) is 7.35. The molecule has 130 valence electrons. The minimum absolute atomic E-state index is 0.533. The van der Waals surface area contributed by atoms with Crippen molar-refractivity contribution in [3.63, 3.8) is 0 Å². The second-order valence-corrected chi connectivity index (χ2v) is 5.60. The van der Waals surface area contributed by atoms with Crippen molar-refractivity contribution < 1.29 is 35.5 Å². The first kappa shape index (κ1) is 19.4. The molecular weight excluding hydrogens is 360 g/mol. The lowest BCUT2D eigenvalue weighted by molar-refractivity contribution is -0.137. The van der Waals surface area contributed by atoms with Crippen molar-refractivity contribution in [1.82, 2.24) is 4.72 Å². The van der Waals surface area contributed by atoms with Gasteiger partial charge in [-0.15, -0.1) is 0 Å². The van der Waals surface area contributed by atoms with Crippen molar-refractivity contribution in [2.45, 2.75) is 4.90 Å². The Labute approximate surface area is 132 Å². The van der Waals surface area contributed by atoms with Gasteiger partial charge in [0.1, 0.15) is 12.3 Å². The number of halogens is 4. The highest BCUT2D eigenvalue weighted by Gasteiger charge is 2.32. The fourth-order valence-electron chi connectivity index (χ4n) is 1.43. The molecule has 0 saturated carbocycles. The lowest BCUT2D eigenvalue weighted by Crippen LogP contribution is -2.30. The monoisotopic (exact) mass is 368 g/mol. The van der Waals surface area contributed by atoms with Gasteiger partial charge in [-0.25, -0.2) is 35.5 Å². The Morgan fingerprint density at radius 2 is 1.79 bits per heavy atom. The first-order chi connectivity index (χ1) is 11.2. The summed E-state index contributed by atoms with van der Waals surface area (Å²) < 4.78 is 84.1. The molecule has 24 heavy (non-hydrogen) atoms. The Morgan fingerprint density at radius 3 is 2.25 bits per heavy atom. The number of ether oxygens (including phenoxy) is 1. The Balaban J connectivity index is 3.19. The van der Waals surface area contributed by atoms with Crippen LogP contribution < -0.4 is 4.72 Å². The molecule has 0 bridgehead atoms. The number of azide groups is 1. The summed E-state index contributed by atoms with van der Waals surface area (Å²) in [5.74, 6) is -9.78. The number of hydrogen-bond donors (Lipinski definition) is 1. The summed E-state index contributed by atoms with van der Waals surface area (Å²) in [6.45, 7) is 1.90. The molecule has 0 unspecified atom stereocenters. The second-order valence-electron chi connectivity index (χ2n) is 3.89. The average molecular weight is 368 g/mol. The molecule has 0 amide bonds. The fourth-order valence-corrected chi connectivity index (χ4v) is 2.57. The predicted molar refractivity (Wildman–Crippen MR) is 71.4 cm³/mol. The summed E-state index contributed by atoms with van der Waals surface area (Å²) in [7, 11) is -5.03. The van der Waals surface area contributed by atoms with E-state index in [1.807, 2.05) is 4.91 Å². The number of benzene rings is 1. The maximum atomic E-state index is 13.7. The van der Waals surface area contributed by atoms with Crippen molar-refractivity contribution in [1.29, 1.82) is 0 Å². The molecule has 0 saturated heterocycles. The van der Waals surface area contributed by atoms with Crippen LogP contribution in [-0.2, 0) is 19.6 Å². The van der Waals surface area contributed by atoms with Crippen LogP contribution >= 0.6 is 0 Å². The van der Waals surface area contributed by atoms with Gasteiger partial charge in [0.15, 0.2) is 28.2 Å². The van der Waals surface area contributed by atoms with E-state index < -0.39 is 63.0 Å². The van der Waals surface area contributed by atoms with E-state index in [9.17, 15) is 30.8 Å². The van der Waals surface area contributed by atoms with E-state index in [1.165, 1.54) is 0 Å². The van der Waals surface area contributed by atoms with Crippen LogP contribution in [0.15, 0.2) is 22.7 Å². The topological polar surface area (TPSA) is 121 Å². The summed E-state index contributed by atoms with van der Waals surface area (Å²) in [6.07, 6.45) is 0.785. The minimum Gasteiger partial charge on any atom is -0.461 e. The van der Waals surface area contributed by atoms with E-state index in [1.54, 1.807) is 4.72 Å². The first-order valence-electron chi connectivity index (χ1n) is 5.87. The molecule has 1 aromatic carbocycles. The number of rotatable bonds is 7. The third-order valence-corrected chi connectivity index (χ3v) is 3.90. The number of carbonyl (C=O) groups excluding carboxylic acids is 1. The van der Waals surface area contributed by atoms with Crippen molar-refractivity contribution in [2.24, 2.45) is 5.11 Å². The standard InChI is InChI=1S/C11H8F4N4O4S/c1-2-5(20)23-4-3-17-24(21,22)11-8(14)6(12)10(18-19-16)7(13)9(11)15/h2,17H,1,3-4H2. The minimum atomic E-state index is -5.03. The van der Waals surface area contributed by atoms with Crippen LogP contribution in [-0.4, -0.2) is 27.5 Å². The molecule has 0 aliphatic carbocycles. The zero-order chi connectivity index (χ0) is 18.5. The summed E-state index contributed by atoms with van der Waals surface area (Å²) in [4.78, 5) is 10.8. The van der Waals surface area contributed by atoms with Crippen LogP contribution in [0, 0.1) is 23.3 Å². The van der Waals surface area contributed by atoms with Crippen molar-refractivity contribution in [3.8, 4) is 0 Å². The zero-order valence-corrected chi connectivity index (χ0v) is 12.4. The van der Waals surface area contributed by atoms with Gasteiger partial charge in [0.2, 0.25) is 10.0 Å². The number of sulfonamides is 1. The van der Waals surface area contributed by atoms with E-state index in [4.69, 9.17) is 5.53 Å². The summed E-state index contributed by atoms with van der Waals surface area (Å²) >= 11 is 0. The summed E-state index contributed by atoms with van der Waals surface area (Å²) in [5.41, 5.74) is 6.44. The van der Waals surface area contributed by atoms with E-state index in [0.29, 0.717) is 0 Å². The number of nitrogens with zero attached hydrogens (tertiary/aromatic N) is 3. The van der Waals surface area contributed by atoms with Crippen molar-refractivity contribution >= 4 is 21.7 Å². The Morgan fingerprint density at radius 1 is 1.25 bits per heavy atom. The van der Waals surface area contributed by atoms with Gasteiger partial charge in [-0.1, -0.05) is 11.7 Å². The van der Waals surface area contributed by atoms with E-state index in [2.05, 4.69) is 16.4 Å².